The molecule has 0 aliphatic carbocycles. The molecule has 0 heterocycles. The summed E-state index contributed by atoms with van der Waals surface area (Å²) in [4.78, 5) is 10.8. The van der Waals surface area contributed by atoms with Gasteiger partial charge in [0.15, 0.2) is 0 Å². The van der Waals surface area contributed by atoms with Gasteiger partial charge in [-0.3, -0.25) is 0 Å². The van der Waals surface area contributed by atoms with Crippen molar-refractivity contribution in [2.24, 2.45) is 5.73 Å². The zero-order valence-corrected chi connectivity index (χ0v) is 8.38. The summed E-state index contributed by atoms with van der Waals surface area (Å²) >= 11 is 0. The molecule has 4 nitrogen and oxygen atoms in total. The largest absolute Gasteiger partial charge is 0.478 e. The van der Waals surface area contributed by atoms with Crippen molar-refractivity contribution in [3.8, 4) is 6.07 Å². The van der Waals surface area contributed by atoms with Gasteiger partial charge in [0.05, 0.1) is 22.8 Å². The van der Waals surface area contributed by atoms with Gasteiger partial charge in [0.2, 0.25) is 0 Å². The van der Waals surface area contributed by atoms with Gasteiger partial charge in [-0.2, -0.15) is 18.4 Å². The van der Waals surface area contributed by atoms with Crippen LogP contribution in [0.3, 0.4) is 0 Å². The minimum atomic E-state index is -4.71. The van der Waals surface area contributed by atoms with E-state index in [-0.39, 0.29) is 17.7 Å². The van der Waals surface area contributed by atoms with Gasteiger partial charge in [0.1, 0.15) is 0 Å². The molecule has 3 N–H and O–H groups in total. The number of nitrogens with two attached hydrogens (primary N) is 1. The summed E-state index contributed by atoms with van der Waals surface area (Å²) in [5.41, 5.74) is 2.97. The van der Waals surface area contributed by atoms with Crippen LogP contribution in [0.5, 0.6) is 0 Å². The van der Waals surface area contributed by atoms with Crippen molar-refractivity contribution < 1.29 is 23.1 Å². The summed E-state index contributed by atoms with van der Waals surface area (Å²) in [6, 6.07) is 2.58. The molecule has 0 atom stereocenters. The van der Waals surface area contributed by atoms with Crippen molar-refractivity contribution in [3.05, 3.63) is 34.4 Å². The maximum Gasteiger partial charge on any atom is 0.416 e. The summed E-state index contributed by atoms with van der Waals surface area (Å²) in [7, 11) is 0. The van der Waals surface area contributed by atoms with Crippen molar-refractivity contribution in [3.63, 3.8) is 0 Å². The molecule has 1 aromatic carbocycles. The first-order chi connectivity index (χ1) is 7.81. The Kier molecular flexibility index (Phi) is 3.39. The number of carbonyl (C=O) groups is 1. The minimum Gasteiger partial charge on any atom is -0.478 e. The zero-order chi connectivity index (χ0) is 13.2. The van der Waals surface area contributed by atoms with E-state index in [1.807, 2.05) is 0 Å². The Morgan fingerprint density at radius 1 is 1.47 bits per heavy atom. The third kappa shape index (κ3) is 2.54. The SMILES string of the molecule is N#Cc1cc(C(F)(F)F)cc(C(=O)O)c1CN. The highest BCUT2D eigenvalue weighted by atomic mass is 19.4. The molecule has 0 aliphatic rings. The van der Waals surface area contributed by atoms with Crippen LogP contribution in [0.25, 0.3) is 0 Å². The van der Waals surface area contributed by atoms with Crippen molar-refractivity contribution in [1.29, 1.82) is 5.26 Å². The lowest BCUT2D eigenvalue weighted by Gasteiger charge is -2.11. The Morgan fingerprint density at radius 2 is 2.06 bits per heavy atom. The van der Waals surface area contributed by atoms with Crippen LogP contribution in [-0.2, 0) is 12.7 Å². The fourth-order valence-corrected chi connectivity index (χ4v) is 1.35. The molecule has 0 aromatic heterocycles. The van der Waals surface area contributed by atoms with Gasteiger partial charge in [0.25, 0.3) is 0 Å². The van der Waals surface area contributed by atoms with Gasteiger partial charge in [-0.05, 0) is 17.7 Å². The van der Waals surface area contributed by atoms with Crippen LogP contribution in [-0.4, -0.2) is 11.1 Å². The molecule has 0 saturated heterocycles. The summed E-state index contributed by atoms with van der Waals surface area (Å²) in [6.45, 7) is -0.317. The smallest absolute Gasteiger partial charge is 0.416 e. The maximum atomic E-state index is 12.4. The molecule has 1 rings (SSSR count). The first kappa shape index (κ1) is 13.0. The summed E-state index contributed by atoms with van der Waals surface area (Å²) in [5.74, 6) is -1.55. The van der Waals surface area contributed by atoms with Crippen LogP contribution >= 0.6 is 0 Å². The summed E-state index contributed by atoms with van der Waals surface area (Å²) in [6.07, 6.45) is -4.71. The van der Waals surface area contributed by atoms with Gasteiger partial charge >= 0.3 is 12.1 Å². The van der Waals surface area contributed by atoms with E-state index in [1.165, 1.54) is 6.07 Å². The number of carboxylic acids is 1. The van der Waals surface area contributed by atoms with E-state index in [2.05, 4.69) is 0 Å². The van der Waals surface area contributed by atoms with Crippen LogP contribution in [0.1, 0.15) is 27.0 Å². The van der Waals surface area contributed by atoms with Gasteiger partial charge in [0, 0.05) is 6.54 Å². The van der Waals surface area contributed by atoms with Crippen LogP contribution in [0, 0.1) is 11.3 Å². The molecule has 0 fully saturated rings. The number of halogens is 3. The normalized spacial score (nSPS) is 11.0. The maximum absolute atomic E-state index is 12.4. The Morgan fingerprint density at radius 3 is 2.41 bits per heavy atom. The van der Waals surface area contributed by atoms with Crippen molar-refractivity contribution >= 4 is 5.97 Å². The van der Waals surface area contributed by atoms with E-state index in [0.29, 0.717) is 12.1 Å². The number of carboxylic acid groups (broad SMARTS) is 1. The lowest BCUT2D eigenvalue weighted by molar-refractivity contribution is -0.137. The van der Waals surface area contributed by atoms with E-state index in [1.54, 1.807) is 0 Å². The number of rotatable bonds is 2. The zero-order valence-electron chi connectivity index (χ0n) is 8.38. The van der Waals surface area contributed by atoms with Gasteiger partial charge in [-0.15, -0.1) is 0 Å². The lowest BCUT2D eigenvalue weighted by Crippen LogP contribution is -2.14. The minimum absolute atomic E-state index is 0.104. The Balaban J connectivity index is 3.59. The number of aromatic carboxylic acids is 1. The molecular formula is C10H7F3N2O2. The van der Waals surface area contributed by atoms with Gasteiger partial charge in [-0.1, -0.05) is 0 Å². The third-order valence-corrected chi connectivity index (χ3v) is 2.13. The highest BCUT2D eigenvalue weighted by Gasteiger charge is 2.33. The summed E-state index contributed by atoms with van der Waals surface area (Å²) < 4.78 is 37.3. The highest BCUT2D eigenvalue weighted by Crippen LogP contribution is 2.32. The molecular weight excluding hydrogens is 237 g/mol. The second-order valence-electron chi connectivity index (χ2n) is 3.17. The predicted octanol–water partition coefficient (Wildman–Crippen LogP) is 1.73. The topological polar surface area (TPSA) is 87.1 Å². The molecule has 0 aliphatic heterocycles. The average Bonchev–Trinajstić information content (AvgIpc) is 2.25. The first-order valence-electron chi connectivity index (χ1n) is 4.38. The molecule has 1 aromatic rings. The molecule has 7 heteroatoms. The molecule has 0 radical (unpaired) electrons. The number of alkyl halides is 3. The average molecular weight is 244 g/mol. The molecule has 17 heavy (non-hydrogen) atoms. The van der Waals surface area contributed by atoms with E-state index in [9.17, 15) is 18.0 Å². The van der Waals surface area contributed by atoms with Crippen LogP contribution in [0.15, 0.2) is 12.1 Å². The number of benzene rings is 1. The van der Waals surface area contributed by atoms with Gasteiger partial charge in [-0.25, -0.2) is 4.79 Å². The molecule has 0 unspecified atom stereocenters. The van der Waals surface area contributed by atoms with E-state index in [0.717, 1.165) is 0 Å². The van der Waals surface area contributed by atoms with E-state index in [4.69, 9.17) is 16.1 Å². The van der Waals surface area contributed by atoms with Crippen molar-refractivity contribution in [2.45, 2.75) is 12.7 Å². The Hall–Kier alpha value is -2.07. The second-order valence-corrected chi connectivity index (χ2v) is 3.17. The number of nitrogens with zero attached hydrogens (tertiary/aromatic N) is 1. The second kappa shape index (κ2) is 4.43. The van der Waals surface area contributed by atoms with Crippen LogP contribution in [0.4, 0.5) is 13.2 Å². The summed E-state index contributed by atoms with van der Waals surface area (Å²) in [5, 5.41) is 17.5. The fraction of sp³-hybridized carbons (Fsp3) is 0.200. The highest BCUT2D eigenvalue weighted by molar-refractivity contribution is 5.90. The predicted molar refractivity (Wildman–Crippen MR) is 51.0 cm³/mol. The van der Waals surface area contributed by atoms with Crippen LogP contribution in [0.2, 0.25) is 0 Å². The molecule has 0 amide bonds. The number of nitriles is 1. The lowest BCUT2D eigenvalue weighted by atomic mass is 9.98. The van der Waals surface area contributed by atoms with Crippen molar-refractivity contribution in [1.82, 2.24) is 0 Å². The first-order valence-corrected chi connectivity index (χ1v) is 4.38. The number of hydrogen-bond acceptors (Lipinski definition) is 3. The van der Waals surface area contributed by atoms with Crippen molar-refractivity contribution in [2.75, 3.05) is 0 Å². The third-order valence-electron chi connectivity index (χ3n) is 2.13. The monoisotopic (exact) mass is 244 g/mol. The molecule has 0 spiro atoms. The Bertz CT molecular complexity index is 503. The molecule has 0 bridgehead atoms. The van der Waals surface area contributed by atoms with E-state index < -0.39 is 23.3 Å². The molecule has 90 valence electrons. The number of hydrogen-bond donors (Lipinski definition) is 2. The standard InChI is InChI=1S/C10H7F3N2O2/c11-10(12,13)6-1-5(3-14)8(4-15)7(2-6)9(16)17/h1-2H,4,15H2,(H,16,17). The van der Waals surface area contributed by atoms with E-state index >= 15 is 0 Å². The van der Waals surface area contributed by atoms with Crippen LogP contribution < -0.4 is 5.73 Å². The van der Waals surface area contributed by atoms with Gasteiger partial charge < -0.3 is 10.8 Å². The quantitative estimate of drug-likeness (QED) is 0.829. The molecule has 0 saturated carbocycles. The Labute approximate surface area is 94.1 Å². The fourth-order valence-electron chi connectivity index (χ4n) is 1.35.